The summed E-state index contributed by atoms with van der Waals surface area (Å²) in [5.74, 6) is 1.32. The third kappa shape index (κ3) is 3.04. The molecule has 2 aromatic heterocycles. The van der Waals surface area contributed by atoms with E-state index in [1.54, 1.807) is 23.9 Å². The first-order valence-electron chi connectivity index (χ1n) is 8.33. The van der Waals surface area contributed by atoms with E-state index in [2.05, 4.69) is 15.3 Å². The lowest BCUT2D eigenvalue weighted by molar-refractivity contribution is 0.0726. The number of hydrogen-bond acceptors (Lipinski definition) is 6. The number of methoxy groups -OCH3 is 1. The number of nitrogens with zero attached hydrogens (tertiary/aromatic N) is 6. The number of ether oxygens (including phenoxy) is 1. The van der Waals surface area contributed by atoms with Crippen molar-refractivity contribution >= 4 is 11.7 Å². The van der Waals surface area contributed by atoms with Crippen LogP contribution in [0, 0.1) is 6.92 Å². The number of rotatable bonds is 4. The molecule has 3 heterocycles. The van der Waals surface area contributed by atoms with Crippen LogP contribution < -0.4 is 9.64 Å². The molecule has 1 aliphatic heterocycles. The van der Waals surface area contributed by atoms with Crippen molar-refractivity contribution in [2.45, 2.75) is 25.8 Å². The Kier molecular flexibility index (Phi) is 4.61. The normalized spacial score (nSPS) is 17.0. The monoisotopic (exact) mass is 344 g/mol. The van der Waals surface area contributed by atoms with Crippen molar-refractivity contribution in [2.24, 2.45) is 7.05 Å². The molecule has 1 aliphatic rings. The van der Waals surface area contributed by atoms with Gasteiger partial charge >= 0.3 is 0 Å². The molecule has 0 aromatic carbocycles. The van der Waals surface area contributed by atoms with Crippen molar-refractivity contribution in [1.29, 1.82) is 0 Å². The molecular formula is C17H24N6O2. The summed E-state index contributed by atoms with van der Waals surface area (Å²) >= 11 is 0. The molecule has 0 bridgehead atoms. The van der Waals surface area contributed by atoms with E-state index in [0.717, 1.165) is 29.9 Å². The van der Waals surface area contributed by atoms with Gasteiger partial charge in [0, 0.05) is 27.7 Å². The number of carbonyl (C=O) groups excluding carboxylic acids is 1. The summed E-state index contributed by atoms with van der Waals surface area (Å²) in [7, 11) is 7.26. The van der Waals surface area contributed by atoms with Crippen LogP contribution in [0.25, 0.3) is 0 Å². The van der Waals surface area contributed by atoms with Crippen LogP contribution >= 0.6 is 0 Å². The lowest BCUT2D eigenvalue weighted by Crippen LogP contribution is -2.32. The van der Waals surface area contributed by atoms with Crippen molar-refractivity contribution in [2.75, 3.05) is 32.6 Å². The fourth-order valence-corrected chi connectivity index (χ4v) is 3.41. The molecule has 1 atom stereocenters. The van der Waals surface area contributed by atoms with Gasteiger partial charge in [-0.1, -0.05) is 0 Å². The molecule has 1 fully saturated rings. The van der Waals surface area contributed by atoms with Crippen LogP contribution in [0.2, 0.25) is 0 Å². The maximum absolute atomic E-state index is 13.0. The van der Waals surface area contributed by atoms with Crippen molar-refractivity contribution in [1.82, 2.24) is 24.9 Å². The third-order valence-electron chi connectivity index (χ3n) is 4.58. The summed E-state index contributed by atoms with van der Waals surface area (Å²) in [6.07, 6.45) is 1.83. The molecule has 0 saturated carbocycles. The van der Waals surface area contributed by atoms with Gasteiger partial charge in [0.1, 0.15) is 0 Å². The molecule has 0 N–H and O–H groups in total. The molecule has 8 nitrogen and oxygen atoms in total. The largest absolute Gasteiger partial charge is 0.481 e. The van der Waals surface area contributed by atoms with Gasteiger partial charge in [-0.05, 0) is 31.9 Å². The fraction of sp³-hybridized carbons (Fsp3) is 0.529. The fourth-order valence-electron chi connectivity index (χ4n) is 3.41. The second kappa shape index (κ2) is 6.70. The second-order valence-corrected chi connectivity index (χ2v) is 6.46. The van der Waals surface area contributed by atoms with Gasteiger partial charge < -0.3 is 14.5 Å². The predicted molar refractivity (Wildman–Crippen MR) is 93.9 cm³/mol. The smallest absolute Gasteiger partial charge is 0.274 e. The van der Waals surface area contributed by atoms with E-state index in [1.807, 2.05) is 37.9 Å². The van der Waals surface area contributed by atoms with Gasteiger partial charge in [-0.3, -0.25) is 4.79 Å². The van der Waals surface area contributed by atoms with Crippen molar-refractivity contribution < 1.29 is 9.53 Å². The van der Waals surface area contributed by atoms with E-state index < -0.39 is 0 Å². The first kappa shape index (κ1) is 17.2. The number of hydrogen-bond donors (Lipinski definition) is 0. The van der Waals surface area contributed by atoms with E-state index >= 15 is 0 Å². The second-order valence-electron chi connectivity index (χ2n) is 6.46. The topological polar surface area (TPSA) is 76.4 Å². The first-order chi connectivity index (χ1) is 11.9. The molecule has 1 amide bonds. The highest BCUT2D eigenvalue weighted by atomic mass is 16.5. The number of aromatic nitrogens is 4. The Bertz CT molecular complexity index is 768. The van der Waals surface area contributed by atoms with Crippen LogP contribution in [-0.2, 0) is 7.05 Å². The zero-order valence-electron chi connectivity index (χ0n) is 15.4. The van der Waals surface area contributed by atoms with Crippen LogP contribution in [0.3, 0.4) is 0 Å². The Morgan fingerprint density at radius 3 is 2.68 bits per heavy atom. The van der Waals surface area contributed by atoms with Gasteiger partial charge in [0.2, 0.25) is 5.88 Å². The molecule has 0 unspecified atom stereocenters. The van der Waals surface area contributed by atoms with E-state index in [1.165, 1.54) is 0 Å². The zero-order valence-corrected chi connectivity index (χ0v) is 15.4. The highest BCUT2D eigenvalue weighted by Crippen LogP contribution is 2.39. The lowest BCUT2D eigenvalue weighted by Gasteiger charge is -2.25. The number of anilines is 1. The number of likely N-dealkylation sites (tertiary alicyclic amines) is 1. The summed E-state index contributed by atoms with van der Waals surface area (Å²) in [5.41, 5.74) is 2.23. The predicted octanol–water partition coefficient (Wildman–Crippen LogP) is 1.57. The quantitative estimate of drug-likeness (QED) is 0.838. The first-order valence-corrected chi connectivity index (χ1v) is 8.33. The summed E-state index contributed by atoms with van der Waals surface area (Å²) in [6.45, 7) is 2.64. The van der Waals surface area contributed by atoms with E-state index in [4.69, 9.17) is 4.74 Å². The average Bonchev–Trinajstić information content (AvgIpc) is 3.17. The highest BCUT2D eigenvalue weighted by molar-refractivity contribution is 5.92. The Balaban J connectivity index is 1.90. The highest BCUT2D eigenvalue weighted by Gasteiger charge is 2.36. The van der Waals surface area contributed by atoms with E-state index in [0.29, 0.717) is 18.1 Å². The van der Waals surface area contributed by atoms with Gasteiger partial charge in [-0.15, -0.1) is 10.2 Å². The van der Waals surface area contributed by atoms with Crippen molar-refractivity contribution in [3.8, 4) is 5.88 Å². The number of carbonyl (C=O) groups is 1. The summed E-state index contributed by atoms with van der Waals surface area (Å²) in [4.78, 5) is 16.7. The van der Waals surface area contributed by atoms with Gasteiger partial charge in [-0.2, -0.15) is 5.10 Å². The van der Waals surface area contributed by atoms with Crippen LogP contribution in [0.5, 0.6) is 5.88 Å². The van der Waals surface area contributed by atoms with Crippen LogP contribution in [0.1, 0.15) is 40.6 Å². The zero-order chi connectivity index (χ0) is 18.1. The summed E-state index contributed by atoms with van der Waals surface area (Å²) in [5, 5.41) is 12.7. The molecule has 134 valence electrons. The molecule has 2 aromatic rings. The van der Waals surface area contributed by atoms with Crippen LogP contribution in [0.4, 0.5) is 5.82 Å². The van der Waals surface area contributed by atoms with Gasteiger partial charge in [0.05, 0.1) is 24.4 Å². The molecule has 3 rings (SSSR count). The summed E-state index contributed by atoms with van der Waals surface area (Å²) in [6, 6.07) is 3.49. The maximum Gasteiger partial charge on any atom is 0.274 e. The Labute approximate surface area is 147 Å². The molecule has 8 heteroatoms. The standard InChI is InChI=1S/C17H24N6O2/c1-11-15(17(25-5)22(4)20-11)13-7-6-10-23(13)16(24)12-8-9-14(19-18-12)21(2)3/h8-9,13H,6-7,10H2,1-5H3/t13-/m1/s1. The van der Waals surface area contributed by atoms with E-state index in [9.17, 15) is 4.79 Å². The number of amides is 1. The molecule has 0 spiro atoms. The molecule has 25 heavy (non-hydrogen) atoms. The number of aryl methyl sites for hydroxylation is 2. The van der Waals surface area contributed by atoms with Gasteiger partial charge in [-0.25, -0.2) is 4.68 Å². The Hall–Kier alpha value is -2.64. The van der Waals surface area contributed by atoms with Gasteiger partial charge in [0.25, 0.3) is 5.91 Å². The minimum Gasteiger partial charge on any atom is -0.481 e. The Morgan fingerprint density at radius 2 is 2.08 bits per heavy atom. The SMILES string of the molecule is COc1c([C@H]2CCCN2C(=O)c2ccc(N(C)C)nn2)c(C)nn1C. The maximum atomic E-state index is 13.0. The lowest BCUT2D eigenvalue weighted by atomic mass is 10.0. The van der Waals surface area contributed by atoms with E-state index in [-0.39, 0.29) is 11.9 Å². The Morgan fingerprint density at radius 1 is 1.32 bits per heavy atom. The molecule has 0 aliphatic carbocycles. The molecule has 1 saturated heterocycles. The van der Waals surface area contributed by atoms with Crippen LogP contribution in [-0.4, -0.2) is 58.5 Å². The minimum absolute atomic E-state index is 0.0496. The van der Waals surface area contributed by atoms with Gasteiger partial charge in [0.15, 0.2) is 11.5 Å². The minimum atomic E-state index is -0.106. The average molecular weight is 344 g/mol. The van der Waals surface area contributed by atoms with Crippen molar-refractivity contribution in [3.63, 3.8) is 0 Å². The summed E-state index contributed by atoms with van der Waals surface area (Å²) < 4.78 is 7.23. The molecule has 0 radical (unpaired) electrons. The van der Waals surface area contributed by atoms with Crippen LogP contribution in [0.15, 0.2) is 12.1 Å². The third-order valence-corrected chi connectivity index (χ3v) is 4.58. The van der Waals surface area contributed by atoms with Crippen molar-refractivity contribution in [3.05, 3.63) is 29.1 Å². The molecular weight excluding hydrogens is 320 g/mol.